The summed E-state index contributed by atoms with van der Waals surface area (Å²) in [4.78, 5) is 0. The molecule has 0 bridgehead atoms. The molecule has 0 unspecified atom stereocenters. The molecule has 0 heterocycles. The summed E-state index contributed by atoms with van der Waals surface area (Å²) in [6.45, 7) is 2.43. The van der Waals surface area contributed by atoms with Gasteiger partial charge in [0.2, 0.25) is 6.79 Å². The molecule has 1 aliphatic rings. The molecule has 1 saturated carbocycles. The maximum atomic E-state index is 5.75. The average molecular weight is 340 g/mol. The Hall–Kier alpha value is -2.36. The van der Waals surface area contributed by atoms with Gasteiger partial charge in [-0.1, -0.05) is 25.5 Å². The molecular weight excluding hydrogens is 312 g/mol. The first kappa shape index (κ1) is 17.5. The molecular formula is C21H28N2O2. The number of nitrogen functional groups attached to an aromatic ring is 2. The first-order valence-electron chi connectivity index (χ1n) is 9.15. The van der Waals surface area contributed by atoms with E-state index in [0.717, 1.165) is 11.7 Å². The maximum Gasteiger partial charge on any atom is 0.230 e. The summed E-state index contributed by atoms with van der Waals surface area (Å²) in [6.07, 6.45) is 6.64. The van der Waals surface area contributed by atoms with Crippen molar-refractivity contribution < 1.29 is 9.47 Å². The van der Waals surface area contributed by atoms with E-state index in [-0.39, 0.29) is 6.79 Å². The van der Waals surface area contributed by atoms with Crippen LogP contribution >= 0.6 is 0 Å². The molecule has 0 atom stereocenters. The summed E-state index contributed by atoms with van der Waals surface area (Å²) in [6, 6.07) is 13.6. The third-order valence-electron chi connectivity index (χ3n) is 5.18. The zero-order chi connectivity index (χ0) is 17.6. The Morgan fingerprint density at radius 1 is 0.840 bits per heavy atom. The average Bonchev–Trinajstić information content (AvgIpc) is 2.62. The number of hydrogen-bond donors (Lipinski definition) is 2. The molecule has 3 rings (SSSR count). The molecule has 4 N–H and O–H groups in total. The first-order chi connectivity index (χ1) is 12.1. The van der Waals surface area contributed by atoms with Crippen LogP contribution in [0.4, 0.5) is 11.4 Å². The molecule has 134 valence electrons. The Balaban J connectivity index is 1.49. The van der Waals surface area contributed by atoms with Crippen molar-refractivity contribution in [3.8, 4) is 11.5 Å². The van der Waals surface area contributed by atoms with Gasteiger partial charge in [-0.25, -0.2) is 0 Å². The molecule has 2 aromatic rings. The van der Waals surface area contributed by atoms with Crippen LogP contribution < -0.4 is 20.9 Å². The minimum atomic E-state index is 0.129. The van der Waals surface area contributed by atoms with Crippen LogP contribution in [0.3, 0.4) is 0 Å². The van der Waals surface area contributed by atoms with Gasteiger partial charge in [0.25, 0.3) is 0 Å². The summed E-state index contributed by atoms with van der Waals surface area (Å²) in [5, 5.41) is 0. The zero-order valence-corrected chi connectivity index (χ0v) is 14.9. The van der Waals surface area contributed by atoms with E-state index < -0.39 is 0 Å². The van der Waals surface area contributed by atoms with Crippen LogP contribution in [0, 0.1) is 5.92 Å². The molecule has 0 aliphatic heterocycles. The minimum absolute atomic E-state index is 0.129. The van der Waals surface area contributed by atoms with E-state index in [1.165, 1.54) is 37.7 Å². The summed E-state index contributed by atoms with van der Waals surface area (Å²) in [5.74, 6) is 3.05. The van der Waals surface area contributed by atoms with Gasteiger partial charge in [0.15, 0.2) is 0 Å². The van der Waals surface area contributed by atoms with E-state index in [4.69, 9.17) is 20.9 Å². The number of ether oxygens (including phenoxy) is 2. The van der Waals surface area contributed by atoms with Gasteiger partial charge in [0, 0.05) is 23.5 Å². The van der Waals surface area contributed by atoms with Gasteiger partial charge >= 0.3 is 0 Å². The highest BCUT2D eigenvalue weighted by molar-refractivity contribution is 5.56. The Labute approximate surface area is 150 Å². The summed E-state index contributed by atoms with van der Waals surface area (Å²) >= 11 is 0. The van der Waals surface area contributed by atoms with Crippen LogP contribution in [0.25, 0.3) is 0 Å². The third-order valence-corrected chi connectivity index (χ3v) is 5.18. The van der Waals surface area contributed by atoms with E-state index in [2.05, 4.69) is 19.1 Å². The Bertz CT molecular complexity index is 657. The van der Waals surface area contributed by atoms with Gasteiger partial charge in [0.1, 0.15) is 11.5 Å². The minimum Gasteiger partial charge on any atom is -0.458 e. The smallest absolute Gasteiger partial charge is 0.230 e. The highest BCUT2D eigenvalue weighted by atomic mass is 16.7. The monoisotopic (exact) mass is 340 g/mol. The number of nitrogens with two attached hydrogens (primary N) is 2. The van der Waals surface area contributed by atoms with Crippen LogP contribution in [-0.4, -0.2) is 6.79 Å². The molecule has 1 fully saturated rings. The fourth-order valence-corrected chi connectivity index (χ4v) is 3.64. The largest absolute Gasteiger partial charge is 0.458 e. The van der Waals surface area contributed by atoms with Crippen LogP contribution in [-0.2, 0) is 0 Å². The van der Waals surface area contributed by atoms with Crippen LogP contribution in [0.1, 0.15) is 50.5 Å². The van der Waals surface area contributed by atoms with E-state index in [1.807, 2.05) is 12.1 Å². The van der Waals surface area contributed by atoms with Gasteiger partial charge in [-0.3, -0.25) is 0 Å². The molecule has 0 aromatic heterocycles. The number of hydrogen-bond acceptors (Lipinski definition) is 4. The zero-order valence-electron chi connectivity index (χ0n) is 14.9. The number of anilines is 2. The van der Waals surface area contributed by atoms with Crippen molar-refractivity contribution in [3.63, 3.8) is 0 Å². The predicted molar refractivity (Wildman–Crippen MR) is 103 cm³/mol. The topological polar surface area (TPSA) is 70.5 Å². The van der Waals surface area contributed by atoms with Crippen molar-refractivity contribution in [2.24, 2.45) is 5.92 Å². The van der Waals surface area contributed by atoms with Crippen LogP contribution in [0.5, 0.6) is 11.5 Å². The fourth-order valence-electron chi connectivity index (χ4n) is 3.64. The third kappa shape index (κ3) is 4.81. The molecule has 2 aromatic carbocycles. The van der Waals surface area contributed by atoms with Crippen LogP contribution in [0.2, 0.25) is 0 Å². The lowest BCUT2D eigenvalue weighted by Gasteiger charge is -2.28. The summed E-state index contributed by atoms with van der Waals surface area (Å²) in [5.41, 5.74) is 14.1. The normalized spacial score (nSPS) is 20.2. The van der Waals surface area contributed by atoms with E-state index in [9.17, 15) is 0 Å². The van der Waals surface area contributed by atoms with E-state index in [0.29, 0.717) is 23.0 Å². The molecule has 4 nitrogen and oxygen atoms in total. The van der Waals surface area contributed by atoms with Crippen molar-refractivity contribution in [1.29, 1.82) is 0 Å². The Morgan fingerprint density at radius 3 is 2.04 bits per heavy atom. The SMILES string of the molecule is CCC1CCC(c2ccc(OCOc3cc(N)cc(N)c3)cc2)CC1. The van der Waals surface area contributed by atoms with Gasteiger partial charge in [-0.05, 0) is 61.3 Å². The second kappa shape index (κ2) is 8.15. The van der Waals surface area contributed by atoms with E-state index >= 15 is 0 Å². The van der Waals surface area contributed by atoms with Crippen molar-refractivity contribution in [2.45, 2.75) is 44.9 Å². The fraction of sp³-hybridized carbons (Fsp3) is 0.429. The Morgan fingerprint density at radius 2 is 1.44 bits per heavy atom. The molecule has 4 heteroatoms. The van der Waals surface area contributed by atoms with Crippen molar-refractivity contribution in [2.75, 3.05) is 18.3 Å². The molecule has 0 amide bonds. The quantitative estimate of drug-likeness (QED) is 0.576. The van der Waals surface area contributed by atoms with Gasteiger partial charge in [-0.15, -0.1) is 0 Å². The van der Waals surface area contributed by atoms with Crippen molar-refractivity contribution >= 4 is 11.4 Å². The predicted octanol–water partition coefficient (Wildman–Crippen LogP) is 4.95. The first-order valence-corrected chi connectivity index (χ1v) is 9.15. The molecule has 1 aliphatic carbocycles. The van der Waals surface area contributed by atoms with Gasteiger partial charge < -0.3 is 20.9 Å². The van der Waals surface area contributed by atoms with E-state index in [1.54, 1.807) is 18.2 Å². The second-order valence-corrected chi connectivity index (χ2v) is 6.94. The highest BCUT2D eigenvalue weighted by Crippen LogP contribution is 2.37. The van der Waals surface area contributed by atoms with Crippen molar-refractivity contribution in [3.05, 3.63) is 48.0 Å². The van der Waals surface area contributed by atoms with Crippen LogP contribution in [0.15, 0.2) is 42.5 Å². The number of benzene rings is 2. The molecule has 25 heavy (non-hydrogen) atoms. The lowest BCUT2D eigenvalue weighted by molar-refractivity contribution is 0.120. The maximum absolute atomic E-state index is 5.75. The lowest BCUT2D eigenvalue weighted by atomic mass is 9.78. The van der Waals surface area contributed by atoms with Gasteiger partial charge in [0.05, 0.1) is 0 Å². The summed E-state index contributed by atoms with van der Waals surface area (Å²) < 4.78 is 11.2. The second-order valence-electron chi connectivity index (χ2n) is 6.94. The highest BCUT2D eigenvalue weighted by Gasteiger charge is 2.21. The van der Waals surface area contributed by atoms with Crippen molar-refractivity contribution in [1.82, 2.24) is 0 Å². The molecule has 0 spiro atoms. The lowest BCUT2D eigenvalue weighted by Crippen LogP contribution is -2.12. The molecule has 0 radical (unpaired) electrons. The molecule has 0 saturated heterocycles. The standard InChI is InChI=1S/C21H28N2O2/c1-2-15-3-5-16(6-4-15)17-7-9-20(10-8-17)24-14-25-21-12-18(22)11-19(23)13-21/h7-13,15-16H,2-6,14,22-23H2,1H3. The van der Waals surface area contributed by atoms with Gasteiger partial charge in [-0.2, -0.15) is 0 Å². The number of rotatable bonds is 6. The summed E-state index contributed by atoms with van der Waals surface area (Å²) in [7, 11) is 0. The Kier molecular flexibility index (Phi) is 5.69.